The van der Waals surface area contributed by atoms with Crippen molar-refractivity contribution in [1.29, 1.82) is 0 Å². The van der Waals surface area contributed by atoms with Crippen LogP contribution in [0.3, 0.4) is 0 Å². The molecule has 0 aliphatic carbocycles. The molecule has 2 fully saturated rings. The molecule has 0 saturated carbocycles. The van der Waals surface area contributed by atoms with Gasteiger partial charge in [-0.05, 0) is 28.8 Å². The van der Waals surface area contributed by atoms with Crippen LogP contribution in [0, 0.1) is 0 Å². The van der Waals surface area contributed by atoms with Crippen molar-refractivity contribution in [1.82, 2.24) is 9.55 Å². The summed E-state index contributed by atoms with van der Waals surface area (Å²) in [5.74, 6) is 0. The van der Waals surface area contributed by atoms with E-state index < -0.39 is 55.2 Å². The Labute approximate surface area is 290 Å². The van der Waals surface area contributed by atoms with E-state index >= 15 is 0 Å². The summed E-state index contributed by atoms with van der Waals surface area (Å²) in [4.78, 5) is 4.49. The largest absolute Gasteiger partial charge is 0.387 e. The number of imidazole rings is 1. The first kappa shape index (κ1) is 34.4. The molecule has 0 unspecified atom stereocenters. The van der Waals surface area contributed by atoms with Crippen LogP contribution in [0.5, 0.6) is 0 Å². The lowest BCUT2D eigenvalue weighted by atomic mass is 9.98. The summed E-state index contributed by atoms with van der Waals surface area (Å²) >= 11 is 0. The van der Waals surface area contributed by atoms with Gasteiger partial charge in [0.2, 0.25) is 0 Å². The SMILES string of the molecule is O[C@@H]1[C@H](O[C@H]2O[C@H](COCc3ccccc3)[C@@H](O)[C@H](O)[C@H]2OCc2ccccc2)[C@@H](COCc2ccccc2)O[C@H]1n1cnc2ccccc21. The Morgan fingerprint density at radius 1 is 0.580 bits per heavy atom. The summed E-state index contributed by atoms with van der Waals surface area (Å²) < 4.78 is 39.3. The number of benzene rings is 4. The number of hydrogen-bond acceptors (Lipinski definition) is 10. The second kappa shape index (κ2) is 16.3. The van der Waals surface area contributed by atoms with Crippen molar-refractivity contribution in [3.8, 4) is 0 Å². The van der Waals surface area contributed by atoms with Gasteiger partial charge in [0.1, 0.15) is 42.7 Å². The number of nitrogens with zero attached hydrogens (tertiary/aromatic N) is 2. The Morgan fingerprint density at radius 2 is 1.14 bits per heavy atom. The van der Waals surface area contributed by atoms with E-state index in [0.717, 1.165) is 27.7 Å². The van der Waals surface area contributed by atoms with Crippen molar-refractivity contribution in [2.75, 3.05) is 13.2 Å². The molecule has 0 spiro atoms. The molecule has 0 amide bonds. The Hall–Kier alpha value is -4.01. The highest BCUT2D eigenvalue weighted by Crippen LogP contribution is 2.37. The summed E-state index contributed by atoms with van der Waals surface area (Å²) in [7, 11) is 0. The van der Waals surface area contributed by atoms with Crippen LogP contribution in [0.4, 0.5) is 0 Å². The van der Waals surface area contributed by atoms with Crippen LogP contribution in [0.1, 0.15) is 22.9 Å². The van der Waals surface area contributed by atoms with Gasteiger partial charge in [0.05, 0.1) is 50.4 Å². The molecule has 7 rings (SSSR count). The monoisotopic (exact) mass is 682 g/mol. The normalized spacial score (nSPS) is 28.3. The van der Waals surface area contributed by atoms with Crippen molar-refractivity contribution in [2.45, 2.75) is 75.1 Å². The predicted molar refractivity (Wildman–Crippen MR) is 182 cm³/mol. The molecule has 2 aliphatic heterocycles. The number of ether oxygens (including phenoxy) is 6. The Balaban J connectivity index is 1.12. The zero-order valence-corrected chi connectivity index (χ0v) is 27.5. The van der Waals surface area contributed by atoms with Gasteiger partial charge in [-0.2, -0.15) is 0 Å². The van der Waals surface area contributed by atoms with E-state index in [1.165, 1.54) is 0 Å². The van der Waals surface area contributed by atoms with Gasteiger partial charge in [-0.25, -0.2) is 4.98 Å². The number of fused-ring (bicyclic) bond motifs is 1. The van der Waals surface area contributed by atoms with E-state index in [2.05, 4.69) is 4.98 Å². The molecule has 3 N–H and O–H groups in total. The van der Waals surface area contributed by atoms with Crippen molar-refractivity contribution in [2.24, 2.45) is 0 Å². The molecule has 11 nitrogen and oxygen atoms in total. The minimum Gasteiger partial charge on any atom is -0.387 e. The molecule has 0 radical (unpaired) electrons. The third kappa shape index (κ3) is 7.97. The fourth-order valence-corrected chi connectivity index (χ4v) is 6.42. The molecule has 11 heteroatoms. The minimum atomic E-state index is -1.39. The summed E-state index contributed by atoms with van der Waals surface area (Å²) in [6.45, 7) is 0.826. The molecule has 2 aliphatic rings. The van der Waals surface area contributed by atoms with Crippen LogP contribution in [-0.4, -0.2) is 87.1 Å². The number of para-hydroxylation sites is 2. The molecular formula is C39H42N2O9. The lowest BCUT2D eigenvalue weighted by Gasteiger charge is -2.43. The van der Waals surface area contributed by atoms with Crippen molar-refractivity contribution in [3.05, 3.63) is 138 Å². The minimum absolute atomic E-state index is 0.0185. The second-order valence-electron chi connectivity index (χ2n) is 12.6. The van der Waals surface area contributed by atoms with Crippen molar-refractivity contribution in [3.63, 3.8) is 0 Å². The highest BCUT2D eigenvalue weighted by molar-refractivity contribution is 5.75. The molecule has 50 heavy (non-hydrogen) atoms. The molecule has 5 aromatic rings. The number of rotatable bonds is 14. The van der Waals surface area contributed by atoms with Gasteiger partial charge in [-0.1, -0.05) is 103 Å². The summed E-state index contributed by atoms with van der Waals surface area (Å²) in [5, 5.41) is 34.5. The van der Waals surface area contributed by atoms with Crippen LogP contribution >= 0.6 is 0 Å². The lowest BCUT2D eigenvalue weighted by molar-refractivity contribution is -0.329. The van der Waals surface area contributed by atoms with E-state index in [4.69, 9.17) is 28.4 Å². The Bertz CT molecular complexity index is 1760. The van der Waals surface area contributed by atoms with Crippen LogP contribution in [0.25, 0.3) is 11.0 Å². The second-order valence-corrected chi connectivity index (χ2v) is 12.6. The van der Waals surface area contributed by atoms with E-state index in [1.807, 2.05) is 115 Å². The number of aromatic nitrogens is 2. The maximum absolute atomic E-state index is 11.9. The highest BCUT2D eigenvalue weighted by Gasteiger charge is 2.52. The molecular weight excluding hydrogens is 640 g/mol. The molecule has 2 saturated heterocycles. The van der Waals surface area contributed by atoms with Crippen LogP contribution in [0.2, 0.25) is 0 Å². The predicted octanol–water partition coefficient (Wildman–Crippen LogP) is 4.15. The van der Waals surface area contributed by atoms with E-state index in [-0.39, 0.29) is 19.8 Å². The van der Waals surface area contributed by atoms with Gasteiger partial charge in [0.15, 0.2) is 12.5 Å². The number of aliphatic hydroxyl groups is 3. The standard InChI is InChI=1S/C39H42N2O9/c42-33-31(23-45-20-26-12-4-1-5-13-26)49-39(37(34(33)43)47-22-28-16-8-3-9-17-28)50-36-32(24-46-21-27-14-6-2-7-15-27)48-38(35(36)44)41-25-40-29-18-10-11-19-30(29)41/h1-19,25,31-39,42-44H,20-24H2/t31-,32-,33-,34+,35-,36-,37-,38-,39-/m1/s1. The molecule has 262 valence electrons. The fourth-order valence-electron chi connectivity index (χ4n) is 6.42. The number of hydrogen-bond donors (Lipinski definition) is 3. The zero-order chi connectivity index (χ0) is 34.3. The Morgan fingerprint density at radius 3 is 1.78 bits per heavy atom. The smallest absolute Gasteiger partial charge is 0.187 e. The average Bonchev–Trinajstić information content (AvgIpc) is 3.71. The first-order valence-corrected chi connectivity index (χ1v) is 16.9. The quantitative estimate of drug-likeness (QED) is 0.157. The van der Waals surface area contributed by atoms with Crippen LogP contribution in [0.15, 0.2) is 122 Å². The summed E-state index contributed by atoms with van der Waals surface area (Å²) in [5.41, 5.74) is 4.35. The first-order chi connectivity index (χ1) is 24.5. The maximum atomic E-state index is 11.9. The van der Waals surface area contributed by atoms with Crippen molar-refractivity contribution < 1.29 is 43.7 Å². The Kier molecular flexibility index (Phi) is 11.3. The van der Waals surface area contributed by atoms with E-state index in [9.17, 15) is 15.3 Å². The molecule has 1 aromatic heterocycles. The topological polar surface area (TPSA) is 134 Å². The fraction of sp³-hybridized carbons (Fsp3) is 0.359. The molecule has 4 aromatic carbocycles. The van der Waals surface area contributed by atoms with Gasteiger partial charge < -0.3 is 48.3 Å². The van der Waals surface area contributed by atoms with Gasteiger partial charge in [-0.15, -0.1) is 0 Å². The van der Waals surface area contributed by atoms with Gasteiger partial charge in [0, 0.05) is 0 Å². The zero-order valence-electron chi connectivity index (χ0n) is 27.5. The number of aliphatic hydroxyl groups excluding tert-OH is 3. The van der Waals surface area contributed by atoms with Gasteiger partial charge in [-0.3, -0.25) is 0 Å². The van der Waals surface area contributed by atoms with Gasteiger partial charge in [0.25, 0.3) is 0 Å². The van der Waals surface area contributed by atoms with Crippen molar-refractivity contribution >= 4 is 11.0 Å². The third-order valence-corrected chi connectivity index (χ3v) is 9.07. The molecule has 3 heterocycles. The van der Waals surface area contributed by atoms with E-state index in [1.54, 1.807) is 10.9 Å². The molecule has 9 atom stereocenters. The lowest BCUT2D eigenvalue weighted by Crippen LogP contribution is -2.61. The van der Waals surface area contributed by atoms with Crippen LogP contribution in [-0.2, 0) is 48.2 Å². The highest BCUT2D eigenvalue weighted by atomic mass is 16.7. The first-order valence-electron chi connectivity index (χ1n) is 16.9. The average molecular weight is 683 g/mol. The van der Waals surface area contributed by atoms with Crippen LogP contribution < -0.4 is 0 Å². The summed E-state index contributed by atoms with van der Waals surface area (Å²) in [6.07, 6.45) is -8.11. The van der Waals surface area contributed by atoms with E-state index in [0.29, 0.717) is 13.2 Å². The molecule has 0 bridgehead atoms. The third-order valence-electron chi connectivity index (χ3n) is 9.07. The van der Waals surface area contributed by atoms with Gasteiger partial charge >= 0.3 is 0 Å². The maximum Gasteiger partial charge on any atom is 0.187 e. The summed E-state index contributed by atoms with van der Waals surface area (Å²) in [6, 6.07) is 36.5.